The van der Waals surface area contributed by atoms with Crippen molar-refractivity contribution in [3.8, 4) is 0 Å². The molecule has 6 heteroatoms. The van der Waals surface area contributed by atoms with Gasteiger partial charge in [0.15, 0.2) is 4.34 Å². The molecule has 0 spiro atoms. The molecule has 0 aromatic carbocycles. The van der Waals surface area contributed by atoms with Crippen molar-refractivity contribution in [3.05, 3.63) is 5.01 Å². The predicted octanol–water partition coefficient (Wildman–Crippen LogP) is 1.04. The summed E-state index contributed by atoms with van der Waals surface area (Å²) in [7, 11) is 0. The number of aromatic nitrogens is 2. The molecule has 2 atom stereocenters. The van der Waals surface area contributed by atoms with Crippen LogP contribution in [-0.4, -0.2) is 33.2 Å². The molecule has 0 radical (unpaired) electrons. The van der Waals surface area contributed by atoms with Crippen LogP contribution in [0.2, 0.25) is 0 Å². The van der Waals surface area contributed by atoms with Crippen LogP contribution in [0.3, 0.4) is 0 Å². The summed E-state index contributed by atoms with van der Waals surface area (Å²) in [6.45, 7) is 4.01. The van der Waals surface area contributed by atoms with E-state index in [4.69, 9.17) is 10.8 Å². The second kappa shape index (κ2) is 5.65. The summed E-state index contributed by atoms with van der Waals surface area (Å²) in [5.41, 5.74) is 5.86. The molecule has 0 aliphatic rings. The molecule has 0 aliphatic carbocycles. The van der Waals surface area contributed by atoms with Crippen LogP contribution in [0.1, 0.15) is 18.4 Å². The molecule has 1 heterocycles. The summed E-state index contributed by atoms with van der Waals surface area (Å²) in [5, 5.41) is 18.0. The van der Waals surface area contributed by atoms with Crippen LogP contribution in [0.4, 0.5) is 0 Å². The molecule has 1 aromatic rings. The number of rotatable bonds is 5. The molecule has 0 saturated heterocycles. The van der Waals surface area contributed by atoms with Gasteiger partial charge in [0.25, 0.3) is 0 Å². The Bertz CT molecular complexity index is 279. The van der Waals surface area contributed by atoms with Crippen LogP contribution >= 0.6 is 23.1 Å². The summed E-state index contributed by atoms with van der Waals surface area (Å²) in [5.74, 6) is 0. The lowest BCUT2D eigenvalue weighted by Crippen LogP contribution is -2.34. The minimum atomic E-state index is 0.00852. The van der Waals surface area contributed by atoms with Crippen molar-refractivity contribution in [2.45, 2.75) is 35.9 Å². The summed E-state index contributed by atoms with van der Waals surface area (Å²) in [6.07, 6.45) is 0.857. The largest absolute Gasteiger partial charge is 0.395 e. The van der Waals surface area contributed by atoms with Crippen molar-refractivity contribution in [2.75, 3.05) is 6.61 Å². The van der Waals surface area contributed by atoms with Gasteiger partial charge in [0.1, 0.15) is 5.01 Å². The van der Waals surface area contributed by atoms with Gasteiger partial charge >= 0.3 is 0 Å². The second-order valence-corrected chi connectivity index (χ2v) is 5.67. The number of thioether (sulfide) groups is 1. The molecule has 80 valence electrons. The van der Waals surface area contributed by atoms with Gasteiger partial charge in [-0.1, -0.05) is 30.0 Å². The van der Waals surface area contributed by atoms with Gasteiger partial charge < -0.3 is 10.8 Å². The molecule has 0 amide bonds. The first-order valence-corrected chi connectivity index (χ1v) is 6.20. The number of nitrogens with zero attached hydrogens (tertiary/aromatic N) is 2. The molecule has 0 saturated carbocycles. The van der Waals surface area contributed by atoms with Crippen molar-refractivity contribution in [1.82, 2.24) is 10.2 Å². The molecule has 14 heavy (non-hydrogen) atoms. The minimum absolute atomic E-state index is 0.00852. The smallest absolute Gasteiger partial charge is 0.174 e. The van der Waals surface area contributed by atoms with Gasteiger partial charge in [0.05, 0.1) is 11.9 Å². The average molecular weight is 233 g/mol. The van der Waals surface area contributed by atoms with E-state index in [-0.39, 0.29) is 17.9 Å². The van der Waals surface area contributed by atoms with E-state index in [0.717, 1.165) is 15.8 Å². The predicted molar refractivity (Wildman–Crippen MR) is 59.6 cm³/mol. The Morgan fingerprint density at radius 1 is 1.57 bits per heavy atom. The lowest BCUT2D eigenvalue weighted by molar-refractivity contribution is 0.281. The number of aliphatic hydroxyl groups excluding tert-OH is 1. The maximum Gasteiger partial charge on any atom is 0.174 e. The molecule has 0 fully saturated rings. The highest BCUT2D eigenvalue weighted by atomic mass is 32.2. The van der Waals surface area contributed by atoms with E-state index in [1.807, 2.05) is 13.8 Å². The van der Waals surface area contributed by atoms with E-state index in [2.05, 4.69) is 10.2 Å². The van der Waals surface area contributed by atoms with Gasteiger partial charge in [-0.2, -0.15) is 0 Å². The van der Waals surface area contributed by atoms with Gasteiger partial charge in [-0.05, 0) is 13.3 Å². The highest BCUT2D eigenvalue weighted by Crippen LogP contribution is 2.27. The molecule has 1 aromatic heterocycles. The number of aliphatic hydroxyl groups is 1. The Hall–Kier alpha value is -0.170. The van der Waals surface area contributed by atoms with E-state index in [9.17, 15) is 0 Å². The maximum atomic E-state index is 9.15. The van der Waals surface area contributed by atoms with Crippen molar-refractivity contribution in [1.29, 1.82) is 0 Å². The summed E-state index contributed by atoms with van der Waals surface area (Å²) in [6, 6.07) is 0.00852. The lowest BCUT2D eigenvalue weighted by atomic mass is 10.2. The van der Waals surface area contributed by atoms with E-state index in [1.165, 1.54) is 23.1 Å². The summed E-state index contributed by atoms with van der Waals surface area (Å²) in [4.78, 5) is 0. The molecule has 0 aliphatic heterocycles. The highest BCUT2D eigenvalue weighted by Gasteiger charge is 2.18. The molecule has 1 rings (SSSR count). The van der Waals surface area contributed by atoms with E-state index in [1.54, 1.807) is 0 Å². The van der Waals surface area contributed by atoms with Crippen molar-refractivity contribution < 1.29 is 5.11 Å². The third kappa shape index (κ3) is 3.20. The van der Waals surface area contributed by atoms with Gasteiger partial charge in [0, 0.05) is 6.04 Å². The third-order valence-electron chi connectivity index (χ3n) is 1.89. The monoisotopic (exact) mass is 233 g/mol. The van der Waals surface area contributed by atoms with Crippen molar-refractivity contribution >= 4 is 23.1 Å². The van der Waals surface area contributed by atoms with Crippen LogP contribution in [0.25, 0.3) is 0 Å². The summed E-state index contributed by atoms with van der Waals surface area (Å²) < 4.78 is 0.880. The molecule has 3 N–H and O–H groups in total. The molecular weight excluding hydrogens is 218 g/mol. The van der Waals surface area contributed by atoms with Gasteiger partial charge in [-0.3, -0.25) is 0 Å². The number of hydrogen-bond donors (Lipinski definition) is 2. The Labute approximate surface area is 91.9 Å². The fraction of sp³-hybridized carbons (Fsp3) is 0.750. The fourth-order valence-electron chi connectivity index (χ4n) is 0.978. The first kappa shape index (κ1) is 11.9. The number of nitrogens with two attached hydrogens (primary N) is 1. The van der Waals surface area contributed by atoms with Crippen LogP contribution in [0.15, 0.2) is 4.34 Å². The molecule has 4 nitrogen and oxygen atoms in total. The van der Waals surface area contributed by atoms with E-state index < -0.39 is 0 Å². The van der Waals surface area contributed by atoms with E-state index >= 15 is 0 Å². The van der Waals surface area contributed by atoms with Gasteiger partial charge in [-0.15, -0.1) is 10.2 Å². The number of aryl methyl sites for hydroxylation is 1. The van der Waals surface area contributed by atoms with E-state index in [0.29, 0.717) is 0 Å². The van der Waals surface area contributed by atoms with Crippen LogP contribution < -0.4 is 5.73 Å². The fourth-order valence-corrected chi connectivity index (χ4v) is 3.11. The normalized spacial score (nSPS) is 15.4. The molecule has 0 bridgehead atoms. The third-order valence-corrected chi connectivity index (χ3v) is 4.15. The maximum absolute atomic E-state index is 9.15. The number of hydrogen-bond acceptors (Lipinski definition) is 6. The molecule has 2 unspecified atom stereocenters. The topological polar surface area (TPSA) is 72.0 Å². The summed E-state index contributed by atoms with van der Waals surface area (Å²) >= 11 is 3.05. The van der Waals surface area contributed by atoms with Crippen LogP contribution in [0, 0.1) is 6.92 Å². The lowest BCUT2D eigenvalue weighted by Gasteiger charge is -2.18. The zero-order valence-corrected chi connectivity index (χ0v) is 9.94. The zero-order valence-electron chi connectivity index (χ0n) is 8.30. The Kier molecular flexibility index (Phi) is 4.80. The van der Waals surface area contributed by atoms with Crippen LogP contribution in [0.5, 0.6) is 0 Å². The SMILES string of the molecule is CCC(N)C(CO)Sc1nnc(C)s1. The Morgan fingerprint density at radius 2 is 2.29 bits per heavy atom. The Balaban J connectivity index is 2.56. The quantitative estimate of drug-likeness (QED) is 0.743. The highest BCUT2D eigenvalue weighted by molar-refractivity contribution is 8.01. The average Bonchev–Trinajstić information content (AvgIpc) is 2.59. The molecular formula is C8H15N3OS2. The minimum Gasteiger partial charge on any atom is -0.395 e. The van der Waals surface area contributed by atoms with Crippen molar-refractivity contribution in [2.24, 2.45) is 5.73 Å². The zero-order chi connectivity index (χ0) is 10.6. The van der Waals surface area contributed by atoms with Crippen LogP contribution in [-0.2, 0) is 0 Å². The second-order valence-electron chi connectivity index (χ2n) is 3.00. The van der Waals surface area contributed by atoms with Gasteiger partial charge in [-0.25, -0.2) is 0 Å². The van der Waals surface area contributed by atoms with Gasteiger partial charge in [0.2, 0.25) is 0 Å². The van der Waals surface area contributed by atoms with Crippen molar-refractivity contribution in [3.63, 3.8) is 0 Å². The Morgan fingerprint density at radius 3 is 2.71 bits per heavy atom. The first-order valence-electron chi connectivity index (χ1n) is 4.50. The first-order chi connectivity index (χ1) is 6.67. The standard InChI is InChI=1S/C8H15N3OS2/c1-3-6(9)7(4-12)14-8-11-10-5(2)13-8/h6-7,12H,3-4,9H2,1-2H3.